The Kier molecular flexibility index (Phi) is 4.65. The minimum atomic E-state index is -0.447. The van der Waals surface area contributed by atoms with E-state index in [0.29, 0.717) is 22.8 Å². The third kappa shape index (κ3) is 2.89. The molecule has 0 radical (unpaired) electrons. The van der Waals surface area contributed by atoms with Gasteiger partial charge in [0.25, 0.3) is 5.91 Å². The molecule has 0 aromatic carbocycles. The van der Waals surface area contributed by atoms with Crippen LogP contribution >= 0.6 is 11.3 Å². The average Bonchev–Trinajstić information content (AvgIpc) is 2.99. The molecule has 1 N–H and O–H groups in total. The topological polar surface area (TPSA) is 73.2 Å². The van der Waals surface area contributed by atoms with E-state index in [4.69, 9.17) is 4.74 Å². The van der Waals surface area contributed by atoms with Crippen molar-refractivity contribution in [3.63, 3.8) is 0 Å². The number of methoxy groups -OCH3 is 1. The number of esters is 1. The highest BCUT2D eigenvalue weighted by Gasteiger charge is 2.23. The maximum Gasteiger partial charge on any atom is 0.341 e. The number of rotatable bonds is 4. The van der Waals surface area contributed by atoms with Crippen LogP contribution in [0, 0.1) is 20.8 Å². The third-order valence-corrected chi connectivity index (χ3v) is 4.56. The lowest BCUT2D eigenvalue weighted by Gasteiger charge is -2.07. The molecule has 0 aliphatic rings. The smallest absolute Gasteiger partial charge is 0.341 e. The summed E-state index contributed by atoms with van der Waals surface area (Å²) in [4.78, 5) is 25.4. The first-order chi connectivity index (χ1) is 10.4. The molecule has 0 spiro atoms. The van der Waals surface area contributed by atoms with Crippen molar-refractivity contribution in [1.82, 2.24) is 9.78 Å². The summed E-state index contributed by atoms with van der Waals surface area (Å²) in [6.07, 6.45) is 0. The quantitative estimate of drug-likeness (QED) is 0.879. The Balaban J connectivity index is 2.36. The van der Waals surface area contributed by atoms with Crippen LogP contribution in [0.1, 0.15) is 43.9 Å². The normalized spacial score (nSPS) is 10.6. The molecule has 1 amide bonds. The highest BCUT2D eigenvalue weighted by molar-refractivity contribution is 7.16. The van der Waals surface area contributed by atoms with Crippen LogP contribution in [0.2, 0.25) is 0 Å². The van der Waals surface area contributed by atoms with Crippen LogP contribution < -0.4 is 5.32 Å². The minimum Gasteiger partial charge on any atom is -0.465 e. The fourth-order valence-electron chi connectivity index (χ4n) is 2.20. The second-order valence-electron chi connectivity index (χ2n) is 4.92. The monoisotopic (exact) mass is 321 g/mol. The number of hydrogen-bond donors (Lipinski definition) is 1. The number of carbonyl (C=O) groups excluding carboxylic acids is 2. The zero-order valence-corrected chi connectivity index (χ0v) is 14.1. The molecule has 2 heterocycles. The highest BCUT2D eigenvalue weighted by Crippen LogP contribution is 2.33. The van der Waals surface area contributed by atoms with E-state index in [1.807, 2.05) is 27.7 Å². The van der Waals surface area contributed by atoms with Crippen molar-refractivity contribution in [1.29, 1.82) is 0 Å². The van der Waals surface area contributed by atoms with Gasteiger partial charge < -0.3 is 10.1 Å². The van der Waals surface area contributed by atoms with Gasteiger partial charge in [0.15, 0.2) is 0 Å². The molecule has 0 aliphatic carbocycles. The Hall–Kier alpha value is -2.15. The van der Waals surface area contributed by atoms with Gasteiger partial charge in [0.2, 0.25) is 0 Å². The number of nitrogens with one attached hydrogen (secondary N) is 1. The van der Waals surface area contributed by atoms with Crippen LogP contribution in [-0.2, 0) is 11.3 Å². The Morgan fingerprint density at radius 1 is 1.36 bits per heavy atom. The van der Waals surface area contributed by atoms with Crippen molar-refractivity contribution in [2.24, 2.45) is 0 Å². The Morgan fingerprint density at radius 3 is 2.64 bits per heavy atom. The fraction of sp³-hybridized carbons (Fsp3) is 0.400. The standard InChI is InChI=1S/C15H19N3O3S/c1-6-18-11(7-8(2)17-18)13(19)16-14-12(15(20)21-5)9(3)10(4)22-14/h7H,6H2,1-5H3,(H,16,19). The SMILES string of the molecule is CCn1nc(C)cc1C(=O)Nc1sc(C)c(C)c1C(=O)OC. The van der Waals surface area contributed by atoms with Gasteiger partial charge in [-0.05, 0) is 39.3 Å². The van der Waals surface area contributed by atoms with E-state index >= 15 is 0 Å². The lowest BCUT2D eigenvalue weighted by Crippen LogP contribution is -2.18. The zero-order chi connectivity index (χ0) is 16.4. The van der Waals surface area contributed by atoms with E-state index in [-0.39, 0.29) is 5.91 Å². The molecule has 0 saturated carbocycles. The van der Waals surface area contributed by atoms with Crippen molar-refractivity contribution in [2.45, 2.75) is 34.2 Å². The molecule has 0 fully saturated rings. The molecule has 0 atom stereocenters. The van der Waals surface area contributed by atoms with E-state index < -0.39 is 5.97 Å². The Bertz CT molecular complexity index is 731. The molecule has 2 aromatic rings. The molecule has 0 aliphatic heterocycles. The van der Waals surface area contributed by atoms with E-state index in [1.54, 1.807) is 10.7 Å². The Labute approximate surface area is 133 Å². The summed E-state index contributed by atoms with van der Waals surface area (Å²) < 4.78 is 6.44. The zero-order valence-electron chi connectivity index (χ0n) is 13.3. The number of anilines is 1. The molecule has 2 aromatic heterocycles. The van der Waals surface area contributed by atoms with Crippen LogP contribution in [0.15, 0.2) is 6.07 Å². The summed E-state index contributed by atoms with van der Waals surface area (Å²) >= 11 is 1.37. The molecule has 7 heteroatoms. The maximum absolute atomic E-state index is 12.5. The minimum absolute atomic E-state index is 0.283. The van der Waals surface area contributed by atoms with E-state index in [0.717, 1.165) is 16.1 Å². The van der Waals surface area contributed by atoms with Gasteiger partial charge in [-0.2, -0.15) is 5.10 Å². The van der Waals surface area contributed by atoms with Crippen molar-refractivity contribution in [3.05, 3.63) is 33.5 Å². The Morgan fingerprint density at radius 2 is 2.05 bits per heavy atom. The van der Waals surface area contributed by atoms with Crippen molar-refractivity contribution in [2.75, 3.05) is 12.4 Å². The number of hydrogen-bond acceptors (Lipinski definition) is 5. The lowest BCUT2D eigenvalue weighted by atomic mass is 10.1. The predicted octanol–water partition coefficient (Wildman–Crippen LogP) is 2.93. The molecule has 6 nitrogen and oxygen atoms in total. The number of ether oxygens (including phenoxy) is 1. The number of aromatic nitrogens is 2. The van der Waals surface area contributed by atoms with Gasteiger partial charge in [0, 0.05) is 11.4 Å². The van der Waals surface area contributed by atoms with Gasteiger partial charge in [-0.25, -0.2) is 4.79 Å². The second-order valence-corrected chi connectivity index (χ2v) is 6.14. The number of aryl methyl sites for hydroxylation is 3. The molecular formula is C15H19N3O3S. The van der Waals surface area contributed by atoms with Gasteiger partial charge in [-0.15, -0.1) is 11.3 Å². The first-order valence-electron chi connectivity index (χ1n) is 6.93. The molecule has 0 saturated heterocycles. The second kappa shape index (κ2) is 6.31. The molecule has 0 unspecified atom stereocenters. The van der Waals surface area contributed by atoms with Crippen LogP contribution in [0.3, 0.4) is 0 Å². The van der Waals surface area contributed by atoms with Gasteiger partial charge in [0.05, 0.1) is 18.4 Å². The van der Waals surface area contributed by atoms with Gasteiger partial charge in [-0.3, -0.25) is 9.48 Å². The largest absolute Gasteiger partial charge is 0.465 e. The number of amides is 1. The molecular weight excluding hydrogens is 302 g/mol. The number of thiophene rings is 1. The van der Waals surface area contributed by atoms with Crippen molar-refractivity contribution >= 4 is 28.2 Å². The van der Waals surface area contributed by atoms with E-state index in [1.165, 1.54) is 18.4 Å². The van der Waals surface area contributed by atoms with Crippen LogP contribution in [0.25, 0.3) is 0 Å². The van der Waals surface area contributed by atoms with Gasteiger partial charge in [0.1, 0.15) is 10.7 Å². The first-order valence-corrected chi connectivity index (χ1v) is 7.74. The summed E-state index contributed by atoms with van der Waals surface area (Å²) in [6.45, 7) is 8.10. The van der Waals surface area contributed by atoms with E-state index in [9.17, 15) is 9.59 Å². The van der Waals surface area contributed by atoms with Gasteiger partial charge >= 0.3 is 5.97 Å². The van der Waals surface area contributed by atoms with Gasteiger partial charge in [-0.1, -0.05) is 0 Å². The number of carbonyl (C=O) groups is 2. The fourth-order valence-corrected chi connectivity index (χ4v) is 3.24. The van der Waals surface area contributed by atoms with Crippen molar-refractivity contribution < 1.29 is 14.3 Å². The van der Waals surface area contributed by atoms with Crippen LogP contribution in [0.5, 0.6) is 0 Å². The predicted molar refractivity (Wildman–Crippen MR) is 85.7 cm³/mol. The van der Waals surface area contributed by atoms with Crippen LogP contribution in [0.4, 0.5) is 5.00 Å². The summed E-state index contributed by atoms with van der Waals surface area (Å²) in [7, 11) is 1.33. The summed E-state index contributed by atoms with van der Waals surface area (Å²) in [5.41, 5.74) is 2.49. The molecule has 0 bridgehead atoms. The number of nitrogens with zero attached hydrogens (tertiary/aromatic N) is 2. The lowest BCUT2D eigenvalue weighted by molar-refractivity contribution is 0.0601. The summed E-state index contributed by atoms with van der Waals surface area (Å²) in [5.74, 6) is -0.730. The van der Waals surface area contributed by atoms with Crippen molar-refractivity contribution in [3.8, 4) is 0 Å². The molecule has 2 rings (SSSR count). The maximum atomic E-state index is 12.5. The highest BCUT2D eigenvalue weighted by atomic mass is 32.1. The third-order valence-electron chi connectivity index (χ3n) is 3.44. The molecule has 22 heavy (non-hydrogen) atoms. The first kappa shape index (κ1) is 16.2. The van der Waals surface area contributed by atoms with E-state index in [2.05, 4.69) is 10.4 Å². The summed E-state index contributed by atoms with van der Waals surface area (Å²) in [6, 6.07) is 1.73. The van der Waals surface area contributed by atoms with Crippen LogP contribution in [-0.4, -0.2) is 28.8 Å². The molecule has 118 valence electrons. The average molecular weight is 321 g/mol. The summed E-state index contributed by atoms with van der Waals surface area (Å²) in [5, 5.41) is 7.57.